The number of rotatable bonds is 3. The average Bonchev–Trinajstić information content (AvgIpc) is 2.33. The molecule has 1 aliphatic heterocycles. The number of amides is 1. The van der Waals surface area contributed by atoms with Crippen LogP contribution in [0, 0.1) is 10.8 Å². The molecular weight excluding hydrogens is 270 g/mol. The maximum Gasteiger partial charge on any atom is 0.407 e. The molecule has 1 aliphatic rings. The zero-order valence-corrected chi connectivity index (χ0v) is 12.5. The van der Waals surface area contributed by atoms with Gasteiger partial charge < -0.3 is 15.1 Å². The number of hydrogen-bond acceptors (Lipinski definition) is 2. The second-order valence-corrected chi connectivity index (χ2v) is 6.64. The molecule has 2 rings (SSSR count). The van der Waals surface area contributed by atoms with Gasteiger partial charge >= 0.3 is 12.1 Å². The van der Waals surface area contributed by atoms with E-state index < -0.39 is 28.9 Å². The van der Waals surface area contributed by atoms with Gasteiger partial charge in [-0.2, -0.15) is 0 Å². The van der Waals surface area contributed by atoms with Gasteiger partial charge in [0.25, 0.3) is 0 Å². The molecule has 0 saturated carbocycles. The number of carboxylic acid groups (broad SMARTS) is 2. The van der Waals surface area contributed by atoms with Crippen LogP contribution in [-0.2, 0) is 11.2 Å². The number of hydrogen-bond donors (Lipinski definition) is 2. The standard InChI is InChI=1S/C16H21NO4/c1-15(2,3)16(13(18)19)10-17(14(20)21)12(16)9-11-7-5-4-6-8-11/h4-8,12H,9-10H2,1-3H3,(H,18,19)(H,20,21). The highest BCUT2D eigenvalue weighted by molar-refractivity contribution is 5.82. The smallest absolute Gasteiger partial charge is 0.407 e. The molecule has 0 aromatic heterocycles. The van der Waals surface area contributed by atoms with Crippen LogP contribution >= 0.6 is 0 Å². The Hall–Kier alpha value is -2.04. The van der Waals surface area contributed by atoms with E-state index in [0.29, 0.717) is 6.42 Å². The van der Waals surface area contributed by atoms with Crippen LogP contribution in [0.15, 0.2) is 30.3 Å². The van der Waals surface area contributed by atoms with E-state index in [1.807, 2.05) is 51.1 Å². The summed E-state index contributed by atoms with van der Waals surface area (Å²) in [6, 6.07) is 8.88. The summed E-state index contributed by atoms with van der Waals surface area (Å²) in [6.07, 6.45) is -0.645. The van der Waals surface area contributed by atoms with Gasteiger partial charge in [0.15, 0.2) is 0 Å². The van der Waals surface area contributed by atoms with Gasteiger partial charge in [0, 0.05) is 6.54 Å². The molecule has 2 unspecified atom stereocenters. The summed E-state index contributed by atoms with van der Waals surface area (Å²) in [5.74, 6) is -0.923. The lowest BCUT2D eigenvalue weighted by molar-refractivity contribution is -0.185. The molecule has 1 aromatic carbocycles. The first-order valence-corrected chi connectivity index (χ1v) is 6.97. The Bertz CT molecular complexity index is 549. The quantitative estimate of drug-likeness (QED) is 0.897. The fraction of sp³-hybridized carbons (Fsp3) is 0.500. The van der Waals surface area contributed by atoms with Gasteiger partial charge in [-0.3, -0.25) is 4.79 Å². The van der Waals surface area contributed by atoms with Crippen molar-refractivity contribution in [2.45, 2.75) is 33.2 Å². The van der Waals surface area contributed by atoms with Crippen LogP contribution in [0.25, 0.3) is 0 Å². The Balaban J connectivity index is 2.38. The lowest BCUT2D eigenvalue weighted by Crippen LogP contribution is -2.74. The van der Waals surface area contributed by atoms with Crippen molar-refractivity contribution in [3.05, 3.63) is 35.9 Å². The normalized spacial score (nSPS) is 25.3. The van der Waals surface area contributed by atoms with Crippen LogP contribution in [0.2, 0.25) is 0 Å². The minimum atomic E-state index is -1.06. The van der Waals surface area contributed by atoms with Gasteiger partial charge in [-0.25, -0.2) is 4.79 Å². The largest absolute Gasteiger partial charge is 0.481 e. The number of carbonyl (C=O) groups is 2. The number of nitrogens with zero attached hydrogens (tertiary/aromatic N) is 1. The van der Waals surface area contributed by atoms with E-state index in [0.717, 1.165) is 5.56 Å². The van der Waals surface area contributed by atoms with E-state index in [1.165, 1.54) is 4.90 Å². The maximum absolute atomic E-state index is 11.9. The molecule has 1 fully saturated rings. The SMILES string of the molecule is CC(C)(C)C1(C(=O)O)CN(C(=O)O)C1Cc1ccccc1. The van der Waals surface area contributed by atoms with Gasteiger partial charge in [0.1, 0.15) is 5.41 Å². The van der Waals surface area contributed by atoms with E-state index in [4.69, 9.17) is 0 Å². The van der Waals surface area contributed by atoms with Crippen molar-refractivity contribution in [1.29, 1.82) is 0 Å². The molecule has 0 aliphatic carbocycles. The number of carboxylic acids is 1. The van der Waals surface area contributed by atoms with Gasteiger partial charge in [-0.15, -0.1) is 0 Å². The molecule has 1 aromatic rings. The summed E-state index contributed by atoms with van der Waals surface area (Å²) in [4.78, 5) is 24.5. The molecule has 5 heteroatoms. The van der Waals surface area contributed by atoms with Gasteiger partial charge in [-0.1, -0.05) is 51.1 Å². The molecule has 0 bridgehead atoms. The third-order valence-corrected chi connectivity index (χ3v) is 4.60. The minimum Gasteiger partial charge on any atom is -0.481 e. The highest BCUT2D eigenvalue weighted by Gasteiger charge is 2.65. The Morgan fingerprint density at radius 3 is 2.24 bits per heavy atom. The zero-order chi connectivity index (χ0) is 15.8. The van der Waals surface area contributed by atoms with Gasteiger partial charge in [0.2, 0.25) is 0 Å². The summed E-state index contributed by atoms with van der Waals surface area (Å²) in [5.41, 5.74) is -0.630. The molecule has 1 amide bonds. The van der Waals surface area contributed by atoms with Crippen molar-refractivity contribution >= 4 is 12.1 Å². The van der Waals surface area contributed by atoms with E-state index in [9.17, 15) is 19.8 Å². The summed E-state index contributed by atoms with van der Waals surface area (Å²) in [6.45, 7) is 5.62. The first-order valence-electron chi connectivity index (χ1n) is 6.97. The molecule has 114 valence electrons. The number of aliphatic carboxylic acids is 1. The fourth-order valence-electron chi connectivity index (χ4n) is 3.23. The molecule has 2 atom stereocenters. The molecule has 5 nitrogen and oxygen atoms in total. The fourth-order valence-corrected chi connectivity index (χ4v) is 3.23. The zero-order valence-electron chi connectivity index (χ0n) is 12.5. The van der Waals surface area contributed by atoms with Crippen LogP contribution in [0.1, 0.15) is 26.3 Å². The lowest BCUT2D eigenvalue weighted by Gasteiger charge is -2.59. The second kappa shape index (κ2) is 5.06. The Morgan fingerprint density at radius 1 is 1.24 bits per heavy atom. The summed E-state index contributed by atoms with van der Waals surface area (Å²) in [7, 11) is 0. The van der Waals surface area contributed by atoms with Crippen molar-refractivity contribution in [2.24, 2.45) is 10.8 Å². The minimum absolute atomic E-state index is 0.0403. The molecule has 1 heterocycles. The van der Waals surface area contributed by atoms with Crippen molar-refractivity contribution < 1.29 is 19.8 Å². The summed E-state index contributed by atoms with van der Waals surface area (Å²) in [5, 5.41) is 19.0. The van der Waals surface area contributed by atoms with Gasteiger partial charge in [0.05, 0.1) is 6.04 Å². The number of likely N-dealkylation sites (tertiary alicyclic amines) is 1. The predicted molar refractivity (Wildman–Crippen MR) is 78.2 cm³/mol. The second-order valence-electron chi connectivity index (χ2n) is 6.64. The Morgan fingerprint density at radius 2 is 1.81 bits per heavy atom. The Labute approximate surface area is 124 Å². The first kappa shape index (κ1) is 15.4. The third-order valence-electron chi connectivity index (χ3n) is 4.60. The number of benzene rings is 1. The van der Waals surface area contributed by atoms with E-state index in [-0.39, 0.29) is 6.54 Å². The monoisotopic (exact) mass is 291 g/mol. The molecule has 2 N–H and O–H groups in total. The first-order chi connectivity index (χ1) is 9.70. The molecule has 21 heavy (non-hydrogen) atoms. The van der Waals surface area contributed by atoms with Crippen molar-refractivity contribution in [3.63, 3.8) is 0 Å². The van der Waals surface area contributed by atoms with Crippen LogP contribution in [0.3, 0.4) is 0 Å². The predicted octanol–water partition coefficient (Wildman–Crippen LogP) is 2.71. The Kier molecular flexibility index (Phi) is 3.70. The molecular formula is C16H21NO4. The lowest BCUT2D eigenvalue weighted by atomic mass is 9.55. The van der Waals surface area contributed by atoms with E-state index in [2.05, 4.69) is 0 Å². The van der Waals surface area contributed by atoms with Crippen LogP contribution in [-0.4, -0.2) is 39.8 Å². The summed E-state index contributed by atoms with van der Waals surface area (Å²) < 4.78 is 0. The average molecular weight is 291 g/mol. The van der Waals surface area contributed by atoms with E-state index >= 15 is 0 Å². The van der Waals surface area contributed by atoms with Crippen LogP contribution < -0.4 is 0 Å². The third kappa shape index (κ3) is 2.37. The molecule has 1 saturated heterocycles. The van der Waals surface area contributed by atoms with Crippen LogP contribution in [0.4, 0.5) is 4.79 Å². The van der Waals surface area contributed by atoms with E-state index in [1.54, 1.807) is 0 Å². The van der Waals surface area contributed by atoms with Crippen molar-refractivity contribution in [1.82, 2.24) is 4.90 Å². The highest BCUT2D eigenvalue weighted by Crippen LogP contribution is 2.52. The maximum atomic E-state index is 11.9. The highest BCUT2D eigenvalue weighted by atomic mass is 16.4. The van der Waals surface area contributed by atoms with Crippen LogP contribution in [0.5, 0.6) is 0 Å². The van der Waals surface area contributed by atoms with Crippen molar-refractivity contribution in [3.8, 4) is 0 Å². The topological polar surface area (TPSA) is 77.8 Å². The summed E-state index contributed by atoms with van der Waals surface area (Å²) >= 11 is 0. The molecule has 0 spiro atoms. The van der Waals surface area contributed by atoms with Crippen molar-refractivity contribution in [2.75, 3.05) is 6.54 Å². The molecule has 0 radical (unpaired) electrons. The van der Waals surface area contributed by atoms with Gasteiger partial charge in [-0.05, 0) is 17.4 Å².